The Hall–Kier alpha value is -1.14. The fourth-order valence-corrected chi connectivity index (χ4v) is 3.51. The number of hydrogen-bond acceptors (Lipinski definition) is 4. The Labute approximate surface area is 119 Å². The number of amides is 3. The largest absolute Gasteiger partial charge is 0.377 e. The zero-order valence-electron chi connectivity index (χ0n) is 12.2. The highest BCUT2D eigenvalue weighted by Crippen LogP contribution is 2.30. The molecular weight excluding hydrogens is 258 g/mol. The summed E-state index contributed by atoms with van der Waals surface area (Å²) in [7, 11) is 0. The van der Waals surface area contributed by atoms with E-state index in [1.807, 2.05) is 13.8 Å². The predicted molar refractivity (Wildman–Crippen MR) is 73.3 cm³/mol. The van der Waals surface area contributed by atoms with Gasteiger partial charge in [0.25, 0.3) is 5.91 Å². The van der Waals surface area contributed by atoms with Gasteiger partial charge in [0.15, 0.2) is 0 Å². The monoisotopic (exact) mass is 281 g/mol. The van der Waals surface area contributed by atoms with E-state index >= 15 is 0 Å². The van der Waals surface area contributed by atoms with Crippen LogP contribution < -0.4 is 5.32 Å². The molecule has 3 aliphatic rings. The minimum Gasteiger partial charge on any atom is -0.377 e. The molecule has 1 N–H and O–H groups in total. The van der Waals surface area contributed by atoms with E-state index in [0.717, 1.165) is 32.5 Å². The van der Waals surface area contributed by atoms with Crippen molar-refractivity contribution in [2.24, 2.45) is 0 Å². The van der Waals surface area contributed by atoms with Gasteiger partial charge in [-0.3, -0.25) is 14.6 Å². The van der Waals surface area contributed by atoms with Crippen molar-refractivity contribution < 1.29 is 14.3 Å². The van der Waals surface area contributed by atoms with Crippen LogP contribution in [0.5, 0.6) is 0 Å². The van der Waals surface area contributed by atoms with Crippen LogP contribution in [0.4, 0.5) is 4.79 Å². The molecule has 3 rings (SSSR count). The van der Waals surface area contributed by atoms with E-state index < -0.39 is 5.54 Å². The minimum atomic E-state index is -0.694. The van der Waals surface area contributed by atoms with Gasteiger partial charge in [-0.1, -0.05) is 0 Å². The number of hydrogen-bond donors (Lipinski definition) is 1. The summed E-state index contributed by atoms with van der Waals surface area (Å²) >= 11 is 0. The summed E-state index contributed by atoms with van der Waals surface area (Å²) in [6.45, 7) is 6.91. The number of nitrogens with one attached hydrogen (secondary N) is 1. The van der Waals surface area contributed by atoms with Crippen molar-refractivity contribution >= 4 is 11.9 Å². The average Bonchev–Trinajstić information content (AvgIpc) is 3.04. The molecule has 3 saturated heterocycles. The quantitative estimate of drug-likeness (QED) is 0.768. The number of urea groups is 1. The zero-order chi connectivity index (χ0) is 14.3. The van der Waals surface area contributed by atoms with Gasteiger partial charge in [0.05, 0.1) is 6.10 Å². The highest BCUT2D eigenvalue weighted by Gasteiger charge is 2.55. The normalized spacial score (nSPS) is 34.8. The van der Waals surface area contributed by atoms with Gasteiger partial charge in [0.2, 0.25) is 0 Å². The molecule has 3 fully saturated rings. The lowest BCUT2D eigenvalue weighted by Gasteiger charge is -2.24. The molecule has 0 aromatic heterocycles. The van der Waals surface area contributed by atoms with Crippen LogP contribution in [0.15, 0.2) is 0 Å². The molecule has 3 amide bonds. The molecule has 20 heavy (non-hydrogen) atoms. The molecule has 0 aliphatic carbocycles. The van der Waals surface area contributed by atoms with Gasteiger partial charge in [-0.05, 0) is 33.1 Å². The van der Waals surface area contributed by atoms with Gasteiger partial charge in [-0.15, -0.1) is 0 Å². The van der Waals surface area contributed by atoms with Gasteiger partial charge in [0, 0.05) is 32.3 Å². The number of ether oxygens (including phenoxy) is 1. The molecule has 112 valence electrons. The van der Waals surface area contributed by atoms with E-state index in [0.29, 0.717) is 19.1 Å². The van der Waals surface area contributed by atoms with E-state index in [2.05, 4.69) is 10.2 Å². The minimum absolute atomic E-state index is 0.0626. The molecule has 6 heteroatoms. The van der Waals surface area contributed by atoms with Gasteiger partial charge in [-0.25, -0.2) is 4.79 Å². The number of likely N-dealkylation sites (tertiary alicyclic amines) is 1. The molecule has 0 aromatic rings. The van der Waals surface area contributed by atoms with Crippen LogP contribution in [0, 0.1) is 0 Å². The summed E-state index contributed by atoms with van der Waals surface area (Å²) in [5, 5.41) is 2.92. The van der Waals surface area contributed by atoms with Gasteiger partial charge < -0.3 is 10.1 Å². The molecular formula is C14H23N3O3. The Kier molecular flexibility index (Phi) is 3.46. The van der Waals surface area contributed by atoms with Gasteiger partial charge in [0.1, 0.15) is 5.54 Å². The molecule has 0 bridgehead atoms. The van der Waals surface area contributed by atoms with Gasteiger partial charge in [-0.2, -0.15) is 0 Å². The SMILES string of the molecule is CC(C)N1C(=O)N[C@@]2(CCN(C[C@H]3CCCO3)C2)C1=O. The molecule has 0 aromatic carbocycles. The third kappa shape index (κ3) is 2.20. The number of carbonyl (C=O) groups excluding carboxylic acids is 2. The maximum atomic E-state index is 12.5. The first-order valence-corrected chi connectivity index (χ1v) is 7.52. The first-order valence-electron chi connectivity index (χ1n) is 7.52. The molecule has 1 spiro atoms. The Morgan fingerprint density at radius 2 is 2.25 bits per heavy atom. The predicted octanol–water partition coefficient (Wildman–Crippen LogP) is 0.570. The van der Waals surface area contributed by atoms with E-state index in [1.165, 1.54) is 4.90 Å². The maximum Gasteiger partial charge on any atom is 0.325 e. The van der Waals surface area contributed by atoms with Crippen molar-refractivity contribution in [3.8, 4) is 0 Å². The lowest BCUT2D eigenvalue weighted by molar-refractivity contribution is -0.132. The van der Waals surface area contributed by atoms with E-state index in [4.69, 9.17) is 4.74 Å². The summed E-state index contributed by atoms with van der Waals surface area (Å²) < 4.78 is 5.65. The van der Waals surface area contributed by atoms with Crippen LogP contribution in [0.25, 0.3) is 0 Å². The van der Waals surface area contributed by atoms with E-state index in [1.54, 1.807) is 0 Å². The van der Waals surface area contributed by atoms with E-state index in [-0.39, 0.29) is 18.0 Å². The number of imide groups is 1. The first-order chi connectivity index (χ1) is 9.52. The summed E-state index contributed by atoms with van der Waals surface area (Å²) in [6.07, 6.45) is 3.22. The summed E-state index contributed by atoms with van der Waals surface area (Å²) in [4.78, 5) is 28.1. The highest BCUT2D eigenvalue weighted by molar-refractivity contribution is 6.07. The van der Waals surface area contributed by atoms with Crippen LogP contribution in [0.2, 0.25) is 0 Å². The number of rotatable bonds is 3. The molecule has 3 aliphatic heterocycles. The molecule has 0 unspecified atom stereocenters. The number of nitrogens with zero attached hydrogens (tertiary/aromatic N) is 2. The van der Waals surface area contributed by atoms with Gasteiger partial charge >= 0.3 is 6.03 Å². The Balaban J connectivity index is 1.66. The summed E-state index contributed by atoms with van der Waals surface area (Å²) in [6, 6.07) is -0.335. The van der Waals surface area contributed by atoms with Crippen LogP contribution in [-0.2, 0) is 9.53 Å². The summed E-state index contributed by atoms with van der Waals surface area (Å²) in [5.74, 6) is -0.0626. The van der Waals surface area contributed by atoms with Crippen LogP contribution >= 0.6 is 0 Å². The second-order valence-electron chi connectivity index (χ2n) is 6.40. The summed E-state index contributed by atoms with van der Waals surface area (Å²) in [5.41, 5.74) is -0.694. The van der Waals surface area contributed by atoms with Crippen molar-refractivity contribution in [1.82, 2.24) is 15.1 Å². The molecule has 2 atom stereocenters. The lowest BCUT2D eigenvalue weighted by atomic mass is 9.98. The molecule has 0 saturated carbocycles. The second kappa shape index (κ2) is 5.00. The topological polar surface area (TPSA) is 61.9 Å². The Morgan fingerprint density at radius 1 is 1.45 bits per heavy atom. The molecule has 0 radical (unpaired) electrons. The second-order valence-corrected chi connectivity index (χ2v) is 6.40. The zero-order valence-corrected chi connectivity index (χ0v) is 12.2. The van der Waals surface area contributed by atoms with Crippen LogP contribution in [0.1, 0.15) is 33.1 Å². The highest BCUT2D eigenvalue weighted by atomic mass is 16.5. The van der Waals surface area contributed by atoms with Crippen molar-refractivity contribution in [1.29, 1.82) is 0 Å². The van der Waals surface area contributed by atoms with Crippen molar-refractivity contribution in [2.75, 3.05) is 26.2 Å². The maximum absolute atomic E-state index is 12.5. The van der Waals surface area contributed by atoms with Crippen LogP contribution in [-0.4, -0.2) is 65.7 Å². The van der Waals surface area contributed by atoms with Crippen molar-refractivity contribution in [3.05, 3.63) is 0 Å². The smallest absolute Gasteiger partial charge is 0.325 e. The standard InChI is InChI=1S/C14H23N3O3/c1-10(2)17-12(18)14(15-13(17)19)5-6-16(9-14)8-11-4-3-7-20-11/h10-11H,3-9H2,1-2H3,(H,15,19)/t11-,14-/m1/s1. The third-order valence-electron chi connectivity index (χ3n) is 4.54. The Morgan fingerprint density at radius 3 is 2.85 bits per heavy atom. The van der Waals surface area contributed by atoms with E-state index in [9.17, 15) is 9.59 Å². The Bertz CT molecular complexity index is 420. The fraction of sp³-hybridized carbons (Fsp3) is 0.857. The molecule has 3 heterocycles. The average molecular weight is 281 g/mol. The fourth-order valence-electron chi connectivity index (χ4n) is 3.51. The van der Waals surface area contributed by atoms with Crippen molar-refractivity contribution in [3.63, 3.8) is 0 Å². The number of carbonyl (C=O) groups is 2. The molecule has 6 nitrogen and oxygen atoms in total. The third-order valence-corrected chi connectivity index (χ3v) is 4.54. The van der Waals surface area contributed by atoms with Crippen LogP contribution in [0.3, 0.4) is 0 Å². The lowest BCUT2D eigenvalue weighted by Crippen LogP contribution is -2.50. The first kappa shape index (κ1) is 13.8. The van der Waals surface area contributed by atoms with Crippen molar-refractivity contribution in [2.45, 2.75) is 50.8 Å².